The number of hydrogen-bond acceptors (Lipinski definition) is 5. The Bertz CT molecular complexity index is 550. The average Bonchev–Trinajstić information content (AvgIpc) is 2.26. The number of hydrogen-bond donors (Lipinski definition) is 2. The quantitative estimate of drug-likeness (QED) is 0.806. The third kappa shape index (κ3) is 4.86. The normalized spacial score (nSPS) is 11.0. The van der Waals surface area contributed by atoms with Crippen LogP contribution < -0.4 is 5.32 Å². The van der Waals surface area contributed by atoms with Gasteiger partial charge < -0.3 is 5.32 Å². The molecule has 18 heavy (non-hydrogen) atoms. The highest BCUT2D eigenvalue weighted by Crippen LogP contribution is 2.14. The Morgan fingerprint density at radius 2 is 1.83 bits per heavy atom. The van der Waals surface area contributed by atoms with Gasteiger partial charge in [-0.2, -0.15) is 8.42 Å². The summed E-state index contributed by atoms with van der Waals surface area (Å²) in [5.41, 5.74) is 0.386. The third-order valence-electron chi connectivity index (χ3n) is 1.84. The van der Waals surface area contributed by atoms with Crippen LogP contribution in [0.1, 0.15) is 6.92 Å². The molecule has 0 atom stereocenters. The van der Waals surface area contributed by atoms with Gasteiger partial charge in [0.2, 0.25) is 5.91 Å². The van der Waals surface area contributed by atoms with Crippen molar-refractivity contribution in [2.24, 2.45) is 0 Å². The molecule has 0 aliphatic heterocycles. The molecular formula is C10H11NO5S2. The molecule has 0 fully saturated rings. The molecule has 1 aromatic rings. The van der Waals surface area contributed by atoms with Crippen molar-refractivity contribution in [3.8, 4) is 0 Å². The SMILES string of the molecule is CC(=O)SCC(=O)Nc1ccc(S(=O)(=O)O)cc1. The van der Waals surface area contributed by atoms with E-state index in [0.717, 1.165) is 11.8 Å². The Hall–Kier alpha value is -1.38. The molecule has 2 N–H and O–H groups in total. The van der Waals surface area contributed by atoms with Crippen LogP contribution in [0.3, 0.4) is 0 Å². The van der Waals surface area contributed by atoms with Gasteiger partial charge in [0.1, 0.15) is 0 Å². The van der Waals surface area contributed by atoms with E-state index in [4.69, 9.17) is 4.55 Å². The minimum atomic E-state index is -4.23. The Labute approximate surface area is 109 Å². The monoisotopic (exact) mass is 289 g/mol. The molecule has 0 radical (unpaired) electrons. The first-order chi connectivity index (χ1) is 8.29. The first-order valence-corrected chi connectivity index (χ1v) is 7.22. The van der Waals surface area contributed by atoms with Crippen molar-refractivity contribution in [2.45, 2.75) is 11.8 Å². The van der Waals surface area contributed by atoms with Gasteiger partial charge in [0.25, 0.3) is 10.1 Å². The van der Waals surface area contributed by atoms with Crippen LogP contribution in [-0.4, -0.2) is 29.7 Å². The number of anilines is 1. The van der Waals surface area contributed by atoms with Crippen LogP contribution in [0.15, 0.2) is 29.2 Å². The van der Waals surface area contributed by atoms with E-state index in [-0.39, 0.29) is 21.7 Å². The van der Waals surface area contributed by atoms with E-state index in [2.05, 4.69) is 5.32 Å². The highest BCUT2D eigenvalue weighted by molar-refractivity contribution is 8.14. The summed E-state index contributed by atoms with van der Waals surface area (Å²) >= 11 is 0.879. The van der Waals surface area contributed by atoms with E-state index >= 15 is 0 Å². The molecule has 0 aromatic heterocycles. The number of carbonyl (C=O) groups excluding carboxylic acids is 2. The Balaban J connectivity index is 2.64. The lowest BCUT2D eigenvalue weighted by Gasteiger charge is -2.04. The predicted molar refractivity (Wildman–Crippen MR) is 68.0 cm³/mol. The summed E-state index contributed by atoms with van der Waals surface area (Å²) < 4.78 is 30.3. The summed E-state index contributed by atoms with van der Waals surface area (Å²) in [6, 6.07) is 5.03. The van der Waals surface area contributed by atoms with Crippen molar-refractivity contribution < 1.29 is 22.6 Å². The summed E-state index contributed by atoms with van der Waals surface area (Å²) in [5.74, 6) is -0.371. The smallest absolute Gasteiger partial charge is 0.294 e. The van der Waals surface area contributed by atoms with Gasteiger partial charge in [-0.15, -0.1) is 0 Å². The fraction of sp³-hybridized carbons (Fsp3) is 0.200. The lowest BCUT2D eigenvalue weighted by molar-refractivity contribution is -0.114. The number of nitrogens with one attached hydrogen (secondary N) is 1. The third-order valence-corrected chi connectivity index (χ3v) is 3.52. The van der Waals surface area contributed by atoms with Gasteiger partial charge in [-0.05, 0) is 24.3 Å². The Morgan fingerprint density at radius 3 is 2.28 bits per heavy atom. The van der Waals surface area contributed by atoms with Crippen LogP contribution in [0.2, 0.25) is 0 Å². The van der Waals surface area contributed by atoms with E-state index < -0.39 is 10.1 Å². The van der Waals surface area contributed by atoms with Crippen LogP contribution in [0.4, 0.5) is 5.69 Å². The fourth-order valence-electron chi connectivity index (χ4n) is 1.07. The second-order valence-corrected chi connectivity index (χ2v) is 5.90. The lowest BCUT2D eigenvalue weighted by atomic mass is 10.3. The number of amides is 1. The van der Waals surface area contributed by atoms with Crippen molar-refractivity contribution in [2.75, 3.05) is 11.1 Å². The highest BCUT2D eigenvalue weighted by Gasteiger charge is 2.09. The molecule has 0 aliphatic carbocycles. The summed E-state index contributed by atoms with van der Waals surface area (Å²) in [4.78, 5) is 21.7. The van der Waals surface area contributed by atoms with Crippen molar-refractivity contribution in [1.29, 1.82) is 0 Å². The molecule has 1 rings (SSSR count). The van der Waals surface area contributed by atoms with Crippen molar-refractivity contribution >= 4 is 38.6 Å². The topological polar surface area (TPSA) is 101 Å². The zero-order chi connectivity index (χ0) is 13.8. The zero-order valence-corrected chi connectivity index (χ0v) is 11.0. The molecule has 0 saturated heterocycles. The average molecular weight is 289 g/mol. The molecular weight excluding hydrogens is 278 g/mol. The number of carbonyl (C=O) groups is 2. The number of benzene rings is 1. The standard InChI is InChI=1S/C10H11NO5S2/c1-7(12)17-6-10(13)11-8-2-4-9(5-3-8)18(14,15)16/h2-5H,6H2,1H3,(H,11,13)(H,14,15,16). The molecule has 8 heteroatoms. The Kier molecular flexibility index (Phi) is 4.88. The molecule has 0 aliphatic rings. The van der Waals surface area contributed by atoms with E-state index in [0.29, 0.717) is 5.69 Å². The van der Waals surface area contributed by atoms with Gasteiger partial charge in [0.15, 0.2) is 5.12 Å². The van der Waals surface area contributed by atoms with E-state index in [1.54, 1.807) is 0 Å². The van der Waals surface area contributed by atoms with Gasteiger partial charge in [0.05, 0.1) is 10.6 Å². The second-order valence-electron chi connectivity index (χ2n) is 3.33. The minimum Gasteiger partial charge on any atom is -0.325 e. The molecule has 1 amide bonds. The first kappa shape index (κ1) is 14.7. The second kappa shape index (κ2) is 5.98. The summed E-state index contributed by atoms with van der Waals surface area (Å²) in [6.45, 7) is 1.36. The van der Waals surface area contributed by atoms with Crippen LogP contribution in [0.5, 0.6) is 0 Å². The first-order valence-electron chi connectivity index (χ1n) is 4.80. The van der Waals surface area contributed by atoms with Gasteiger partial charge in [-0.1, -0.05) is 11.8 Å². The van der Waals surface area contributed by atoms with E-state index in [1.165, 1.54) is 31.2 Å². The Morgan fingerprint density at radius 1 is 1.28 bits per heavy atom. The van der Waals surface area contributed by atoms with Gasteiger partial charge in [0, 0.05) is 12.6 Å². The molecule has 0 saturated carbocycles. The van der Waals surface area contributed by atoms with Crippen molar-refractivity contribution in [3.63, 3.8) is 0 Å². The van der Waals surface area contributed by atoms with Crippen LogP contribution in [0, 0.1) is 0 Å². The van der Waals surface area contributed by atoms with Crippen LogP contribution in [0.25, 0.3) is 0 Å². The van der Waals surface area contributed by atoms with Crippen LogP contribution >= 0.6 is 11.8 Å². The summed E-state index contributed by atoms with van der Waals surface area (Å²) in [5, 5.41) is 2.33. The van der Waals surface area contributed by atoms with Crippen molar-refractivity contribution in [3.05, 3.63) is 24.3 Å². The maximum absolute atomic E-state index is 11.3. The van der Waals surface area contributed by atoms with Gasteiger partial charge in [-0.25, -0.2) is 0 Å². The van der Waals surface area contributed by atoms with Crippen LogP contribution in [-0.2, 0) is 19.7 Å². The minimum absolute atomic E-state index is 0.00458. The summed E-state index contributed by atoms with van der Waals surface area (Å²) in [6.07, 6.45) is 0. The maximum Gasteiger partial charge on any atom is 0.294 e. The molecule has 0 unspecified atom stereocenters. The molecule has 0 bridgehead atoms. The van der Waals surface area contributed by atoms with Gasteiger partial charge >= 0.3 is 0 Å². The maximum atomic E-state index is 11.3. The summed E-state index contributed by atoms with van der Waals surface area (Å²) in [7, 11) is -4.23. The van der Waals surface area contributed by atoms with E-state index in [9.17, 15) is 18.0 Å². The molecule has 6 nitrogen and oxygen atoms in total. The fourth-order valence-corrected chi connectivity index (χ4v) is 1.96. The molecule has 98 valence electrons. The van der Waals surface area contributed by atoms with Crippen molar-refractivity contribution in [1.82, 2.24) is 0 Å². The predicted octanol–water partition coefficient (Wildman–Crippen LogP) is 1.15. The molecule has 1 aromatic carbocycles. The highest BCUT2D eigenvalue weighted by atomic mass is 32.2. The number of thioether (sulfide) groups is 1. The van der Waals surface area contributed by atoms with Gasteiger partial charge in [-0.3, -0.25) is 14.1 Å². The number of rotatable bonds is 4. The molecule has 0 spiro atoms. The van der Waals surface area contributed by atoms with E-state index in [1.807, 2.05) is 0 Å². The zero-order valence-electron chi connectivity index (χ0n) is 9.41. The largest absolute Gasteiger partial charge is 0.325 e. The lowest BCUT2D eigenvalue weighted by Crippen LogP contribution is -2.14. The molecule has 0 heterocycles.